The molecule has 0 spiro atoms. The molecular formula is C18H29IN4S2. The molecule has 0 aliphatic carbocycles. The molecule has 0 saturated carbocycles. The highest BCUT2D eigenvalue weighted by atomic mass is 127. The maximum absolute atomic E-state index is 4.72. The standard InChI is InChI=1S/C18H28N4S2.HI/c1-4-19-18(21-11-14(2)16-8-10-23-13-16)20-9-6-5-7-17-22-15(3)12-24-17;/h8,10,12-14H,4-7,9,11H2,1-3H3,(H2,19,20,21);1H. The highest BCUT2D eigenvalue weighted by Gasteiger charge is 2.06. The SMILES string of the molecule is CCNC(=NCC(C)c1ccsc1)NCCCCc1nc(C)cs1.I. The topological polar surface area (TPSA) is 49.3 Å². The van der Waals surface area contributed by atoms with Gasteiger partial charge in [0.25, 0.3) is 0 Å². The second-order valence-electron chi connectivity index (χ2n) is 5.94. The van der Waals surface area contributed by atoms with Gasteiger partial charge in [0.2, 0.25) is 0 Å². The van der Waals surface area contributed by atoms with Crippen LogP contribution in [0.15, 0.2) is 27.2 Å². The van der Waals surface area contributed by atoms with E-state index in [1.165, 1.54) is 10.6 Å². The van der Waals surface area contributed by atoms with Crippen molar-refractivity contribution >= 4 is 52.6 Å². The lowest BCUT2D eigenvalue weighted by molar-refractivity contribution is 0.687. The molecule has 2 aromatic rings. The summed E-state index contributed by atoms with van der Waals surface area (Å²) >= 11 is 3.51. The van der Waals surface area contributed by atoms with Crippen molar-refractivity contribution in [1.82, 2.24) is 15.6 Å². The predicted octanol–water partition coefficient (Wildman–Crippen LogP) is 4.81. The molecule has 2 rings (SSSR count). The summed E-state index contributed by atoms with van der Waals surface area (Å²) in [6.07, 6.45) is 3.36. The van der Waals surface area contributed by atoms with Crippen LogP contribution in [0.2, 0.25) is 0 Å². The summed E-state index contributed by atoms with van der Waals surface area (Å²) < 4.78 is 0. The van der Waals surface area contributed by atoms with Crippen LogP contribution in [0.3, 0.4) is 0 Å². The highest BCUT2D eigenvalue weighted by Crippen LogP contribution is 2.18. The third-order valence-corrected chi connectivity index (χ3v) is 5.48. The second kappa shape index (κ2) is 12.6. The van der Waals surface area contributed by atoms with Crippen molar-refractivity contribution in [3.05, 3.63) is 38.5 Å². The summed E-state index contributed by atoms with van der Waals surface area (Å²) in [4.78, 5) is 9.23. The molecule has 4 nitrogen and oxygen atoms in total. The van der Waals surface area contributed by atoms with E-state index in [0.717, 1.165) is 50.6 Å². The van der Waals surface area contributed by atoms with Crippen molar-refractivity contribution in [2.45, 2.75) is 46.0 Å². The van der Waals surface area contributed by atoms with Crippen molar-refractivity contribution in [2.75, 3.05) is 19.6 Å². The number of aromatic nitrogens is 1. The molecule has 0 aliphatic heterocycles. The Bertz CT molecular complexity index is 610. The Morgan fingerprint density at radius 3 is 2.76 bits per heavy atom. The van der Waals surface area contributed by atoms with E-state index in [2.05, 4.69) is 58.6 Å². The van der Waals surface area contributed by atoms with Crippen LogP contribution in [0.25, 0.3) is 0 Å². The van der Waals surface area contributed by atoms with Gasteiger partial charge in [-0.3, -0.25) is 4.99 Å². The number of rotatable bonds is 9. The normalized spacial score (nSPS) is 12.5. The summed E-state index contributed by atoms with van der Waals surface area (Å²) in [6.45, 7) is 9.03. The number of thiophene rings is 1. The first-order valence-electron chi connectivity index (χ1n) is 8.64. The molecule has 1 unspecified atom stereocenters. The highest BCUT2D eigenvalue weighted by molar-refractivity contribution is 14.0. The fourth-order valence-electron chi connectivity index (χ4n) is 2.36. The number of nitrogens with one attached hydrogen (secondary N) is 2. The molecule has 140 valence electrons. The zero-order valence-electron chi connectivity index (χ0n) is 15.2. The summed E-state index contributed by atoms with van der Waals surface area (Å²) in [6, 6.07) is 2.19. The lowest BCUT2D eigenvalue weighted by atomic mass is 10.1. The van der Waals surface area contributed by atoms with Crippen LogP contribution in [0, 0.1) is 6.92 Å². The molecule has 1 atom stereocenters. The molecule has 2 heterocycles. The number of halogens is 1. The third kappa shape index (κ3) is 8.50. The van der Waals surface area contributed by atoms with Gasteiger partial charge in [-0.15, -0.1) is 35.3 Å². The average Bonchev–Trinajstić information content (AvgIpc) is 3.23. The molecule has 7 heteroatoms. The number of hydrogen-bond acceptors (Lipinski definition) is 4. The molecule has 0 amide bonds. The molecule has 0 radical (unpaired) electrons. The average molecular weight is 492 g/mol. The lowest BCUT2D eigenvalue weighted by Crippen LogP contribution is -2.38. The van der Waals surface area contributed by atoms with Gasteiger partial charge in [-0.2, -0.15) is 11.3 Å². The van der Waals surface area contributed by atoms with Gasteiger partial charge in [-0.1, -0.05) is 6.92 Å². The zero-order valence-corrected chi connectivity index (χ0v) is 19.2. The first kappa shape index (κ1) is 22.4. The Labute approximate surface area is 176 Å². The maximum atomic E-state index is 4.72. The van der Waals surface area contributed by atoms with E-state index in [4.69, 9.17) is 4.99 Å². The van der Waals surface area contributed by atoms with Gasteiger partial charge in [-0.25, -0.2) is 4.98 Å². The minimum absolute atomic E-state index is 0. The molecule has 0 saturated heterocycles. The molecule has 2 aromatic heterocycles. The van der Waals surface area contributed by atoms with E-state index in [-0.39, 0.29) is 24.0 Å². The van der Waals surface area contributed by atoms with Gasteiger partial charge >= 0.3 is 0 Å². The van der Waals surface area contributed by atoms with Gasteiger partial charge < -0.3 is 10.6 Å². The van der Waals surface area contributed by atoms with Crippen molar-refractivity contribution in [1.29, 1.82) is 0 Å². The van der Waals surface area contributed by atoms with E-state index in [9.17, 15) is 0 Å². The fraction of sp³-hybridized carbons (Fsp3) is 0.556. The number of unbranched alkanes of at least 4 members (excludes halogenated alkanes) is 1. The Kier molecular flexibility index (Phi) is 11.3. The van der Waals surface area contributed by atoms with E-state index >= 15 is 0 Å². The Morgan fingerprint density at radius 2 is 2.12 bits per heavy atom. The van der Waals surface area contributed by atoms with Gasteiger partial charge in [0, 0.05) is 36.6 Å². The minimum Gasteiger partial charge on any atom is -0.357 e. The first-order chi connectivity index (χ1) is 11.7. The van der Waals surface area contributed by atoms with Gasteiger partial charge in [0.05, 0.1) is 5.01 Å². The number of hydrogen-bond donors (Lipinski definition) is 2. The van der Waals surface area contributed by atoms with E-state index < -0.39 is 0 Å². The van der Waals surface area contributed by atoms with Crippen LogP contribution in [-0.2, 0) is 6.42 Å². The van der Waals surface area contributed by atoms with Gasteiger partial charge in [-0.05, 0) is 55.5 Å². The summed E-state index contributed by atoms with van der Waals surface area (Å²) in [7, 11) is 0. The first-order valence-corrected chi connectivity index (χ1v) is 10.5. The third-order valence-electron chi connectivity index (χ3n) is 3.76. The Hall–Kier alpha value is -0.670. The quantitative estimate of drug-likeness (QED) is 0.229. The number of thiazole rings is 1. The smallest absolute Gasteiger partial charge is 0.191 e. The number of nitrogens with zero attached hydrogens (tertiary/aromatic N) is 2. The van der Waals surface area contributed by atoms with Crippen molar-refractivity contribution in [3.8, 4) is 0 Å². The van der Waals surface area contributed by atoms with Crippen LogP contribution in [0.4, 0.5) is 0 Å². The number of guanidine groups is 1. The van der Waals surface area contributed by atoms with E-state index in [1.807, 2.05) is 0 Å². The van der Waals surface area contributed by atoms with Crippen molar-refractivity contribution < 1.29 is 0 Å². The number of aliphatic imine (C=N–C) groups is 1. The molecule has 0 fully saturated rings. The van der Waals surface area contributed by atoms with Gasteiger partial charge in [0.1, 0.15) is 0 Å². The van der Waals surface area contributed by atoms with E-state index in [0.29, 0.717) is 5.92 Å². The minimum atomic E-state index is 0. The number of aryl methyl sites for hydroxylation is 2. The summed E-state index contributed by atoms with van der Waals surface area (Å²) in [5.41, 5.74) is 2.51. The second-order valence-corrected chi connectivity index (χ2v) is 7.67. The van der Waals surface area contributed by atoms with E-state index in [1.54, 1.807) is 22.7 Å². The van der Waals surface area contributed by atoms with Crippen molar-refractivity contribution in [2.24, 2.45) is 4.99 Å². The van der Waals surface area contributed by atoms with Crippen LogP contribution < -0.4 is 10.6 Å². The van der Waals surface area contributed by atoms with Crippen LogP contribution in [0.5, 0.6) is 0 Å². The van der Waals surface area contributed by atoms with Gasteiger partial charge in [0.15, 0.2) is 5.96 Å². The summed E-state index contributed by atoms with van der Waals surface area (Å²) in [5, 5.41) is 14.5. The van der Waals surface area contributed by atoms with Crippen molar-refractivity contribution in [3.63, 3.8) is 0 Å². The predicted molar refractivity (Wildman–Crippen MR) is 122 cm³/mol. The lowest BCUT2D eigenvalue weighted by Gasteiger charge is -2.13. The fourth-order valence-corrected chi connectivity index (χ4v) is 3.96. The zero-order chi connectivity index (χ0) is 17.2. The van der Waals surface area contributed by atoms with Crippen LogP contribution in [0.1, 0.15) is 48.9 Å². The van der Waals surface area contributed by atoms with Crippen LogP contribution in [-0.4, -0.2) is 30.6 Å². The molecule has 0 bridgehead atoms. The Morgan fingerprint density at radius 1 is 1.28 bits per heavy atom. The molecular weight excluding hydrogens is 463 g/mol. The molecule has 0 aliphatic rings. The Balaban J connectivity index is 0.00000312. The largest absolute Gasteiger partial charge is 0.357 e. The molecule has 25 heavy (non-hydrogen) atoms. The molecule has 2 N–H and O–H groups in total. The van der Waals surface area contributed by atoms with Crippen LogP contribution >= 0.6 is 46.7 Å². The maximum Gasteiger partial charge on any atom is 0.191 e. The molecule has 0 aromatic carbocycles. The summed E-state index contributed by atoms with van der Waals surface area (Å²) in [5.74, 6) is 1.38. The monoisotopic (exact) mass is 492 g/mol.